The van der Waals surface area contributed by atoms with Gasteiger partial charge >= 0.3 is 12.1 Å². The van der Waals surface area contributed by atoms with Gasteiger partial charge in [-0.1, -0.05) is 22.8 Å². The molecule has 0 radical (unpaired) electrons. The van der Waals surface area contributed by atoms with Crippen molar-refractivity contribution in [1.82, 2.24) is 5.32 Å². The zero-order chi connectivity index (χ0) is 32.4. The molecule has 44 heavy (non-hydrogen) atoms. The number of benzene rings is 3. The third-order valence-corrected chi connectivity index (χ3v) is 8.51. The largest absolute Gasteiger partial charge is 0.486 e. The molecule has 0 bridgehead atoms. The number of anilines is 1. The van der Waals surface area contributed by atoms with Crippen LogP contribution in [0.2, 0.25) is 5.02 Å². The van der Waals surface area contributed by atoms with Crippen LogP contribution in [0.15, 0.2) is 64.6 Å². The number of esters is 1. The van der Waals surface area contributed by atoms with Crippen LogP contribution in [-0.2, 0) is 25.7 Å². The Bertz CT molecular complexity index is 1750. The third-order valence-electron chi connectivity index (χ3n) is 6.41. The lowest BCUT2D eigenvalue weighted by Gasteiger charge is -2.36. The van der Waals surface area contributed by atoms with Crippen LogP contribution in [0.25, 0.3) is 0 Å². The summed E-state index contributed by atoms with van der Waals surface area (Å²) in [6.07, 6.45) is -5.99. The molecule has 0 spiro atoms. The highest BCUT2D eigenvalue weighted by Crippen LogP contribution is 2.40. The minimum atomic E-state index is -4.85. The van der Waals surface area contributed by atoms with Crippen molar-refractivity contribution >= 4 is 45.0 Å². The monoisotopic (exact) mass is 661 g/mol. The standard InChI is InChI=1S/C27H21ClF5N3O7S/c1-42-22(37)10-6-16-13-36(44(40,41)17-4-2-3-15(12-17)27(31,32)33)20-11-14(5-9-21(20)43-16)25(35-39)34-26(38)23-18(28)7-8-19(29)24(23)30/h2-5,7-9,11-12,16,39H,6,10,13H2,1H3,(H,34,35,38)/t16-/m0/s1. The van der Waals surface area contributed by atoms with Crippen LogP contribution in [0.3, 0.4) is 0 Å². The molecule has 0 saturated heterocycles. The van der Waals surface area contributed by atoms with Crippen molar-refractivity contribution in [1.29, 1.82) is 0 Å². The normalized spacial score (nSPS) is 15.3. The number of halogens is 6. The predicted octanol–water partition coefficient (Wildman–Crippen LogP) is 5.11. The first kappa shape index (κ1) is 32.5. The van der Waals surface area contributed by atoms with E-state index in [1.807, 2.05) is 0 Å². The molecule has 1 heterocycles. The van der Waals surface area contributed by atoms with E-state index >= 15 is 0 Å². The van der Waals surface area contributed by atoms with Crippen LogP contribution in [0.4, 0.5) is 27.6 Å². The van der Waals surface area contributed by atoms with Gasteiger partial charge in [-0.05, 0) is 55.0 Å². The molecule has 0 unspecified atom stereocenters. The molecule has 10 nitrogen and oxygen atoms in total. The fraction of sp³-hybridized carbons (Fsp3) is 0.222. The Morgan fingerprint density at radius 2 is 1.89 bits per heavy atom. The van der Waals surface area contributed by atoms with E-state index < -0.39 is 79.2 Å². The summed E-state index contributed by atoms with van der Waals surface area (Å²) in [5.74, 6) is -5.64. The zero-order valence-corrected chi connectivity index (χ0v) is 23.9. The van der Waals surface area contributed by atoms with Gasteiger partial charge in [-0.15, -0.1) is 0 Å². The summed E-state index contributed by atoms with van der Waals surface area (Å²) in [5, 5.41) is 14.2. The molecule has 1 aliphatic heterocycles. The quantitative estimate of drug-likeness (QED) is 0.0683. The summed E-state index contributed by atoms with van der Waals surface area (Å²) < 4.78 is 107. The van der Waals surface area contributed by atoms with Gasteiger partial charge in [0.15, 0.2) is 17.5 Å². The average Bonchev–Trinajstić information content (AvgIpc) is 2.99. The number of sulfonamides is 1. The number of alkyl halides is 3. The second-order valence-corrected chi connectivity index (χ2v) is 11.5. The van der Waals surface area contributed by atoms with Gasteiger partial charge in [0, 0.05) is 12.0 Å². The summed E-state index contributed by atoms with van der Waals surface area (Å²) >= 11 is 5.84. The van der Waals surface area contributed by atoms with Gasteiger partial charge in [0.25, 0.3) is 15.9 Å². The number of hydrogen-bond donors (Lipinski definition) is 2. The molecule has 234 valence electrons. The molecular formula is C27H21ClF5N3O7S. The van der Waals surface area contributed by atoms with Crippen LogP contribution in [0.5, 0.6) is 5.75 Å². The maximum absolute atomic E-state index is 14.3. The van der Waals surface area contributed by atoms with Gasteiger partial charge in [-0.3, -0.25) is 13.9 Å². The van der Waals surface area contributed by atoms with E-state index in [2.05, 4.69) is 15.2 Å². The summed E-state index contributed by atoms with van der Waals surface area (Å²) in [6.45, 7) is -0.464. The molecule has 4 rings (SSSR count). The van der Waals surface area contributed by atoms with E-state index in [4.69, 9.17) is 16.3 Å². The average molecular weight is 662 g/mol. The highest BCUT2D eigenvalue weighted by Gasteiger charge is 2.37. The topological polar surface area (TPSA) is 135 Å². The van der Waals surface area contributed by atoms with Crippen LogP contribution in [0.1, 0.15) is 34.3 Å². The molecule has 0 aromatic heterocycles. The molecule has 0 fully saturated rings. The van der Waals surface area contributed by atoms with Crippen molar-refractivity contribution in [3.63, 3.8) is 0 Å². The van der Waals surface area contributed by atoms with E-state index in [1.54, 1.807) is 0 Å². The Labute approximate surface area is 251 Å². The Balaban J connectivity index is 1.76. The minimum Gasteiger partial charge on any atom is -0.486 e. The third kappa shape index (κ3) is 6.70. The Hall–Kier alpha value is -4.44. The SMILES string of the molecule is COC(=O)CC[C@H]1CN(S(=O)(=O)c2cccc(C(F)(F)F)c2)c2cc(/C(=N\O)NC(=O)c3c(Cl)ccc(F)c3F)ccc2O1. The number of hydrogen-bond acceptors (Lipinski definition) is 8. The summed E-state index contributed by atoms with van der Waals surface area (Å²) in [7, 11) is -3.57. The highest BCUT2D eigenvalue weighted by molar-refractivity contribution is 7.92. The number of ether oxygens (including phenoxy) is 2. The van der Waals surface area contributed by atoms with Gasteiger partial charge in [0.05, 0.1) is 40.4 Å². The number of carbonyl (C=O) groups excluding carboxylic acids is 2. The van der Waals surface area contributed by atoms with Crippen molar-refractivity contribution in [3.05, 3.63) is 87.9 Å². The number of oxime groups is 1. The Kier molecular flexibility index (Phi) is 9.34. The number of nitrogens with one attached hydrogen (secondary N) is 1. The van der Waals surface area contributed by atoms with Gasteiger partial charge in [-0.2, -0.15) is 13.2 Å². The van der Waals surface area contributed by atoms with Crippen molar-refractivity contribution in [3.8, 4) is 5.75 Å². The number of methoxy groups -OCH3 is 1. The second kappa shape index (κ2) is 12.7. The highest BCUT2D eigenvalue weighted by atomic mass is 35.5. The number of carbonyl (C=O) groups is 2. The molecule has 3 aromatic carbocycles. The minimum absolute atomic E-state index is 0.0260. The summed E-state index contributed by atoms with van der Waals surface area (Å²) in [5.41, 5.74) is -2.53. The molecule has 17 heteroatoms. The van der Waals surface area contributed by atoms with Crippen LogP contribution in [-0.4, -0.2) is 51.1 Å². The summed E-state index contributed by atoms with van der Waals surface area (Å²) in [4.78, 5) is 23.7. The Morgan fingerprint density at radius 1 is 1.16 bits per heavy atom. The van der Waals surface area contributed by atoms with Crippen molar-refractivity contribution in [2.45, 2.75) is 30.0 Å². The van der Waals surface area contributed by atoms with E-state index in [0.29, 0.717) is 18.2 Å². The second-order valence-electron chi connectivity index (χ2n) is 9.22. The first-order valence-electron chi connectivity index (χ1n) is 12.4. The maximum Gasteiger partial charge on any atom is 0.416 e. The lowest BCUT2D eigenvalue weighted by atomic mass is 10.1. The van der Waals surface area contributed by atoms with Crippen molar-refractivity contribution in [2.75, 3.05) is 18.0 Å². The molecule has 1 amide bonds. The Morgan fingerprint density at radius 3 is 2.55 bits per heavy atom. The molecular weight excluding hydrogens is 641 g/mol. The molecule has 3 aromatic rings. The fourth-order valence-corrected chi connectivity index (χ4v) is 6.02. The predicted molar refractivity (Wildman–Crippen MR) is 145 cm³/mol. The molecule has 2 N–H and O–H groups in total. The number of amidine groups is 1. The summed E-state index contributed by atoms with van der Waals surface area (Å²) in [6, 6.07) is 8.17. The van der Waals surface area contributed by atoms with Crippen molar-refractivity contribution < 1.29 is 54.6 Å². The van der Waals surface area contributed by atoms with E-state index in [1.165, 1.54) is 12.1 Å². The van der Waals surface area contributed by atoms with Crippen LogP contribution < -0.4 is 14.4 Å². The van der Waals surface area contributed by atoms with Crippen LogP contribution >= 0.6 is 11.6 Å². The molecule has 0 aliphatic carbocycles. The molecule has 0 saturated carbocycles. The number of fused-ring (bicyclic) bond motifs is 1. The number of rotatable bonds is 7. The van der Waals surface area contributed by atoms with Gasteiger partial charge in [-0.25, -0.2) is 17.2 Å². The van der Waals surface area contributed by atoms with Gasteiger partial charge in [0.1, 0.15) is 11.9 Å². The molecule has 1 aliphatic rings. The number of amides is 1. The van der Waals surface area contributed by atoms with E-state index in [9.17, 15) is 45.2 Å². The first-order valence-corrected chi connectivity index (χ1v) is 14.2. The number of nitrogens with zero attached hydrogens (tertiary/aromatic N) is 2. The lowest BCUT2D eigenvalue weighted by molar-refractivity contribution is -0.141. The van der Waals surface area contributed by atoms with Gasteiger partial charge < -0.3 is 20.0 Å². The van der Waals surface area contributed by atoms with Crippen LogP contribution in [0, 0.1) is 11.6 Å². The smallest absolute Gasteiger partial charge is 0.416 e. The van der Waals surface area contributed by atoms with E-state index in [-0.39, 0.29) is 29.8 Å². The van der Waals surface area contributed by atoms with Gasteiger partial charge in [0.2, 0.25) is 0 Å². The maximum atomic E-state index is 14.3. The fourth-order valence-electron chi connectivity index (χ4n) is 4.24. The first-order chi connectivity index (χ1) is 20.7. The lowest BCUT2D eigenvalue weighted by Crippen LogP contribution is -2.44. The van der Waals surface area contributed by atoms with E-state index in [0.717, 1.165) is 35.7 Å². The van der Waals surface area contributed by atoms with Crippen molar-refractivity contribution in [2.24, 2.45) is 5.16 Å². The zero-order valence-electron chi connectivity index (χ0n) is 22.4. The molecule has 1 atom stereocenters.